The number of nitrogens with zero attached hydrogens (tertiary/aromatic N) is 2. The van der Waals surface area contributed by atoms with Crippen LogP contribution >= 0.6 is 0 Å². The fourth-order valence-electron chi connectivity index (χ4n) is 2.38. The Morgan fingerprint density at radius 1 is 1.28 bits per heavy atom. The third kappa shape index (κ3) is 2.47. The van der Waals surface area contributed by atoms with E-state index in [9.17, 15) is 4.79 Å². The van der Waals surface area contributed by atoms with Crippen molar-refractivity contribution in [3.05, 3.63) is 23.9 Å². The van der Waals surface area contributed by atoms with Crippen LogP contribution in [-0.2, 0) is 0 Å². The zero-order valence-electron chi connectivity index (χ0n) is 10.6. The number of nitrogens with one attached hydrogen (secondary N) is 1. The molecule has 3 rings (SSSR count). The van der Waals surface area contributed by atoms with E-state index in [2.05, 4.69) is 10.3 Å². The van der Waals surface area contributed by atoms with Crippen molar-refractivity contribution >= 4 is 11.7 Å². The molecular weight excluding hydrogens is 226 g/mol. The summed E-state index contributed by atoms with van der Waals surface area (Å²) in [7, 11) is 0. The highest BCUT2D eigenvalue weighted by Gasteiger charge is 2.26. The van der Waals surface area contributed by atoms with Crippen molar-refractivity contribution in [2.24, 2.45) is 0 Å². The first-order chi connectivity index (χ1) is 8.84. The van der Waals surface area contributed by atoms with Crippen molar-refractivity contribution < 1.29 is 4.79 Å². The van der Waals surface area contributed by atoms with Crippen molar-refractivity contribution in [3.63, 3.8) is 0 Å². The molecule has 18 heavy (non-hydrogen) atoms. The minimum Gasteiger partial charge on any atom is -0.367 e. The van der Waals surface area contributed by atoms with Crippen molar-refractivity contribution in [2.45, 2.75) is 38.1 Å². The molecule has 0 aromatic carbocycles. The predicted octanol–water partition coefficient (Wildman–Crippen LogP) is 2.28. The fraction of sp³-hybridized carbons (Fsp3) is 0.571. The van der Waals surface area contributed by atoms with Crippen molar-refractivity contribution in [2.75, 3.05) is 18.4 Å². The van der Waals surface area contributed by atoms with E-state index in [4.69, 9.17) is 0 Å². The minimum atomic E-state index is 0.131. The van der Waals surface area contributed by atoms with Crippen LogP contribution in [0.3, 0.4) is 0 Å². The summed E-state index contributed by atoms with van der Waals surface area (Å²) in [5, 5.41) is 3.35. The van der Waals surface area contributed by atoms with Crippen LogP contribution in [0.15, 0.2) is 18.3 Å². The highest BCUT2D eigenvalue weighted by Crippen LogP contribution is 2.26. The van der Waals surface area contributed by atoms with Gasteiger partial charge in [0, 0.05) is 25.3 Å². The molecule has 1 saturated heterocycles. The van der Waals surface area contributed by atoms with E-state index >= 15 is 0 Å². The molecule has 2 heterocycles. The van der Waals surface area contributed by atoms with E-state index in [1.54, 1.807) is 6.20 Å². The van der Waals surface area contributed by atoms with E-state index in [-0.39, 0.29) is 5.91 Å². The zero-order chi connectivity index (χ0) is 12.4. The number of carbonyl (C=O) groups excluding carboxylic acids is 1. The summed E-state index contributed by atoms with van der Waals surface area (Å²) < 4.78 is 0. The molecule has 0 radical (unpaired) electrons. The summed E-state index contributed by atoms with van der Waals surface area (Å²) in [6.07, 6.45) is 7.61. The molecule has 1 aromatic heterocycles. The lowest BCUT2D eigenvalue weighted by Crippen LogP contribution is -2.36. The van der Waals surface area contributed by atoms with Gasteiger partial charge in [-0.2, -0.15) is 0 Å². The molecule has 0 spiro atoms. The first kappa shape index (κ1) is 11.5. The van der Waals surface area contributed by atoms with Gasteiger partial charge in [-0.1, -0.05) is 0 Å². The molecule has 4 heteroatoms. The Bertz CT molecular complexity index is 436. The molecule has 1 aliphatic heterocycles. The SMILES string of the molecule is O=C(c1cccnc1NC1CC1)N1CCCCC1. The predicted molar refractivity (Wildman–Crippen MR) is 70.6 cm³/mol. The molecule has 1 N–H and O–H groups in total. The Kier molecular flexibility index (Phi) is 3.17. The van der Waals surface area contributed by atoms with Crippen LogP contribution in [0.1, 0.15) is 42.5 Å². The Morgan fingerprint density at radius 3 is 2.78 bits per heavy atom. The van der Waals surface area contributed by atoms with Crippen molar-refractivity contribution in [1.82, 2.24) is 9.88 Å². The third-order valence-electron chi connectivity index (χ3n) is 3.60. The van der Waals surface area contributed by atoms with Crippen LogP contribution in [0.5, 0.6) is 0 Å². The Hall–Kier alpha value is -1.58. The van der Waals surface area contributed by atoms with E-state index < -0.39 is 0 Å². The molecule has 4 nitrogen and oxygen atoms in total. The largest absolute Gasteiger partial charge is 0.367 e. The maximum atomic E-state index is 12.5. The van der Waals surface area contributed by atoms with E-state index in [1.165, 1.54) is 19.3 Å². The summed E-state index contributed by atoms with van der Waals surface area (Å²) in [6.45, 7) is 1.77. The summed E-state index contributed by atoms with van der Waals surface area (Å²) in [4.78, 5) is 18.7. The fourth-order valence-corrected chi connectivity index (χ4v) is 2.38. The molecule has 0 atom stereocenters. The highest BCUT2D eigenvalue weighted by molar-refractivity contribution is 5.98. The second-order valence-corrected chi connectivity index (χ2v) is 5.17. The Labute approximate surface area is 107 Å². The molecule has 0 unspecified atom stereocenters. The van der Waals surface area contributed by atoms with Crippen LogP contribution in [0.2, 0.25) is 0 Å². The van der Waals surface area contributed by atoms with Gasteiger partial charge in [-0.05, 0) is 44.2 Å². The van der Waals surface area contributed by atoms with Gasteiger partial charge in [-0.3, -0.25) is 4.79 Å². The molecule has 0 bridgehead atoms. The van der Waals surface area contributed by atoms with Gasteiger partial charge in [-0.25, -0.2) is 4.98 Å². The maximum Gasteiger partial charge on any atom is 0.257 e. The monoisotopic (exact) mass is 245 g/mol. The van der Waals surface area contributed by atoms with Crippen LogP contribution in [0.4, 0.5) is 5.82 Å². The number of piperidine rings is 1. The van der Waals surface area contributed by atoms with Crippen LogP contribution in [0, 0.1) is 0 Å². The number of anilines is 1. The number of aromatic nitrogens is 1. The number of likely N-dealkylation sites (tertiary alicyclic amines) is 1. The van der Waals surface area contributed by atoms with E-state index in [0.717, 1.165) is 37.3 Å². The number of rotatable bonds is 3. The standard InChI is InChI=1S/C14H19N3O/c18-14(17-9-2-1-3-10-17)12-5-4-8-15-13(12)16-11-6-7-11/h4-5,8,11H,1-3,6-7,9-10H2,(H,15,16). The molecule has 2 aliphatic rings. The number of amides is 1. The van der Waals surface area contributed by atoms with Gasteiger partial charge in [-0.15, -0.1) is 0 Å². The number of hydrogen-bond acceptors (Lipinski definition) is 3. The van der Waals surface area contributed by atoms with Gasteiger partial charge in [0.15, 0.2) is 0 Å². The maximum absolute atomic E-state index is 12.5. The average Bonchev–Trinajstić information content (AvgIpc) is 3.24. The number of hydrogen-bond donors (Lipinski definition) is 1. The van der Waals surface area contributed by atoms with Gasteiger partial charge in [0.1, 0.15) is 5.82 Å². The highest BCUT2D eigenvalue weighted by atomic mass is 16.2. The molecule has 1 aromatic rings. The summed E-state index contributed by atoms with van der Waals surface area (Å²) in [5.41, 5.74) is 0.728. The summed E-state index contributed by atoms with van der Waals surface area (Å²) in [5.74, 6) is 0.890. The summed E-state index contributed by atoms with van der Waals surface area (Å²) >= 11 is 0. The van der Waals surface area contributed by atoms with Crippen LogP contribution in [0.25, 0.3) is 0 Å². The Balaban J connectivity index is 1.78. The lowest BCUT2D eigenvalue weighted by molar-refractivity contribution is 0.0725. The molecule has 1 aliphatic carbocycles. The second-order valence-electron chi connectivity index (χ2n) is 5.17. The summed E-state index contributed by atoms with van der Waals surface area (Å²) in [6, 6.07) is 4.25. The Morgan fingerprint density at radius 2 is 2.06 bits per heavy atom. The normalized spacial score (nSPS) is 19.7. The van der Waals surface area contributed by atoms with Crippen molar-refractivity contribution in [1.29, 1.82) is 0 Å². The topological polar surface area (TPSA) is 45.2 Å². The van der Waals surface area contributed by atoms with E-state index in [0.29, 0.717) is 6.04 Å². The first-order valence-corrected chi connectivity index (χ1v) is 6.85. The second kappa shape index (κ2) is 4.96. The molecular formula is C14H19N3O. The number of pyridine rings is 1. The minimum absolute atomic E-state index is 0.131. The lowest BCUT2D eigenvalue weighted by Gasteiger charge is -2.27. The van der Waals surface area contributed by atoms with E-state index in [1.807, 2.05) is 17.0 Å². The molecule has 1 saturated carbocycles. The smallest absolute Gasteiger partial charge is 0.257 e. The lowest BCUT2D eigenvalue weighted by atomic mass is 10.1. The molecule has 2 fully saturated rings. The van der Waals surface area contributed by atoms with Gasteiger partial charge >= 0.3 is 0 Å². The van der Waals surface area contributed by atoms with Crippen LogP contribution < -0.4 is 5.32 Å². The van der Waals surface area contributed by atoms with Gasteiger partial charge in [0.05, 0.1) is 5.56 Å². The van der Waals surface area contributed by atoms with Crippen LogP contribution in [-0.4, -0.2) is 34.9 Å². The molecule has 96 valence electrons. The third-order valence-corrected chi connectivity index (χ3v) is 3.60. The first-order valence-electron chi connectivity index (χ1n) is 6.85. The van der Waals surface area contributed by atoms with Gasteiger partial charge in [0.2, 0.25) is 0 Å². The van der Waals surface area contributed by atoms with Crippen molar-refractivity contribution in [3.8, 4) is 0 Å². The number of carbonyl (C=O) groups is 1. The van der Waals surface area contributed by atoms with Gasteiger partial charge in [0.25, 0.3) is 5.91 Å². The van der Waals surface area contributed by atoms with Gasteiger partial charge < -0.3 is 10.2 Å². The quantitative estimate of drug-likeness (QED) is 0.888. The molecule has 1 amide bonds. The zero-order valence-corrected chi connectivity index (χ0v) is 10.6. The average molecular weight is 245 g/mol.